The lowest BCUT2D eigenvalue weighted by molar-refractivity contribution is -0.138. The van der Waals surface area contributed by atoms with Crippen molar-refractivity contribution in [3.05, 3.63) is 23.8 Å². The second-order valence-electron chi connectivity index (χ2n) is 6.76. The molecule has 1 aromatic carbocycles. The maximum Gasteiger partial charge on any atom is 0.338 e. The maximum atomic E-state index is 12.7. The van der Waals surface area contributed by atoms with E-state index in [1.807, 2.05) is 13.8 Å². The highest BCUT2D eigenvalue weighted by Gasteiger charge is 2.36. The van der Waals surface area contributed by atoms with Crippen molar-refractivity contribution >= 4 is 21.7 Å². The number of sulfone groups is 1. The van der Waals surface area contributed by atoms with E-state index >= 15 is 0 Å². The Kier molecular flexibility index (Phi) is 7.29. The molecule has 1 aliphatic rings. The molecule has 0 N–H and O–H groups in total. The molecule has 9 heteroatoms. The molecule has 0 spiro atoms. The summed E-state index contributed by atoms with van der Waals surface area (Å²) in [4.78, 5) is 26.6. The monoisotopic (exact) mass is 413 g/mol. The van der Waals surface area contributed by atoms with Crippen molar-refractivity contribution in [1.29, 1.82) is 0 Å². The smallest absolute Gasteiger partial charge is 0.338 e. The van der Waals surface area contributed by atoms with Gasteiger partial charge in [0.2, 0.25) is 0 Å². The minimum Gasteiger partial charge on any atom is -0.493 e. The van der Waals surface area contributed by atoms with Gasteiger partial charge in [-0.05, 0) is 38.0 Å². The van der Waals surface area contributed by atoms with Crippen LogP contribution in [0.2, 0.25) is 0 Å². The molecule has 0 radical (unpaired) electrons. The molecule has 2 rings (SSSR count). The number of esters is 1. The van der Waals surface area contributed by atoms with E-state index in [1.165, 1.54) is 26.4 Å². The van der Waals surface area contributed by atoms with Gasteiger partial charge in [0, 0.05) is 12.1 Å². The van der Waals surface area contributed by atoms with Gasteiger partial charge >= 0.3 is 5.97 Å². The molecule has 156 valence electrons. The topological polar surface area (TPSA) is 99.2 Å². The van der Waals surface area contributed by atoms with Crippen molar-refractivity contribution in [3.8, 4) is 11.5 Å². The number of nitrogens with zero attached hydrogens (tertiary/aromatic N) is 1. The Morgan fingerprint density at radius 1 is 1.21 bits per heavy atom. The Labute approximate surface area is 165 Å². The van der Waals surface area contributed by atoms with E-state index in [2.05, 4.69) is 0 Å². The predicted molar refractivity (Wildman–Crippen MR) is 103 cm³/mol. The van der Waals surface area contributed by atoms with Crippen molar-refractivity contribution in [2.75, 3.05) is 32.3 Å². The van der Waals surface area contributed by atoms with Crippen LogP contribution in [-0.4, -0.2) is 69.6 Å². The summed E-state index contributed by atoms with van der Waals surface area (Å²) in [5.41, 5.74) is 0.226. The SMILES string of the molecule is CC[C@@H](C)N(C(=O)COC(=O)c1ccc(OC)c(OC)c1)[C@H]1CCS(=O)(=O)C1. The van der Waals surface area contributed by atoms with Crippen LogP contribution in [0.15, 0.2) is 18.2 Å². The summed E-state index contributed by atoms with van der Waals surface area (Å²) in [5, 5.41) is 0. The number of carbonyl (C=O) groups excluding carboxylic acids is 2. The van der Waals surface area contributed by atoms with Gasteiger partial charge in [-0.3, -0.25) is 4.79 Å². The fraction of sp³-hybridized carbons (Fsp3) is 0.579. The van der Waals surface area contributed by atoms with Crippen LogP contribution in [0.3, 0.4) is 0 Å². The molecule has 0 aromatic heterocycles. The van der Waals surface area contributed by atoms with Gasteiger partial charge in [0.05, 0.1) is 31.3 Å². The Balaban J connectivity index is 2.06. The number of benzene rings is 1. The highest BCUT2D eigenvalue weighted by atomic mass is 32.2. The molecule has 1 aromatic rings. The normalized spacial score (nSPS) is 18.9. The fourth-order valence-corrected chi connectivity index (χ4v) is 4.96. The van der Waals surface area contributed by atoms with E-state index in [9.17, 15) is 18.0 Å². The molecule has 0 aliphatic carbocycles. The third-order valence-electron chi connectivity index (χ3n) is 4.90. The lowest BCUT2D eigenvalue weighted by atomic mass is 10.1. The van der Waals surface area contributed by atoms with Crippen LogP contribution in [0.25, 0.3) is 0 Å². The first kappa shape index (κ1) is 22.0. The molecule has 0 saturated carbocycles. The standard InChI is InChI=1S/C19H27NO7S/c1-5-13(2)20(15-8-9-28(23,24)12-15)18(21)11-27-19(22)14-6-7-16(25-3)17(10-14)26-4/h6-7,10,13,15H,5,8-9,11-12H2,1-4H3/t13-,15+/m1/s1. The summed E-state index contributed by atoms with van der Waals surface area (Å²) in [6.07, 6.45) is 1.08. The van der Waals surface area contributed by atoms with Crippen molar-refractivity contribution in [2.24, 2.45) is 0 Å². The average Bonchev–Trinajstić information content (AvgIpc) is 3.04. The zero-order valence-corrected chi connectivity index (χ0v) is 17.5. The fourth-order valence-electron chi connectivity index (χ4n) is 3.25. The summed E-state index contributed by atoms with van der Waals surface area (Å²) in [6.45, 7) is 3.33. The Bertz CT molecular complexity index is 822. The molecule has 1 aliphatic heterocycles. The molecule has 0 unspecified atom stereocenters. The molecule has 1 amide bonds. The number of carbonyl (C=O) groups is 2. The van der Waals surface area contributed by atoms with Crippen LogP contribution in [0.1, 0.15) is 37.0 Å². The zero-order valence-electron chi connectivity index (χ0n) is 16.6. The lowest BCUT2D eigenvalue weighted by Crippen LogP contribution is -2.48. The van der Waals surface area contributed by atoms with Gasteiger partial charge in [-0.2, -0.15) is 0 Å². The lowest BCUT2D eigenvalue weighted by Gasteiger charge is -2.33. The summed E-state index contributed by atoms with van der Waals surface area (Å²) in [7, 11) is -0.190. The first-order valence-corrected chi connectivity index (χ1v) is 10.9. The van der Waals surface area contributed by atoms with E-state index in [0.717, 1.165) is 0 Å². The molecular weight excluding hydrogens is 386 g/mol. The van der Waals surface area contributed by atoms with Crippen molar-refractivity contribution < 1.29 is 32.2 Å². The highest BCUT2D eigenvalue weighted by Crippen LogP contribution is 2.28. The molecular formula is C19H27NO7S. The largest absolute Gasteiger partial charge is 0.493 e. The zero-order chi connectivity index (χ0) is 20.9. The van der Waals surface area contributed by atoms with E-state index in [4.69, 9.17) is 14.2 Å². The summed E-state index contributed by atoms with van der Waals surface area (Å²) in [6, 6.07) is 4.04. The Morgan fingerprint density at radius 3 is 2.43 bits per heavy atom. The molecule has 1 saturated heterocycles. The van der Waals surface area contributed by atoms with Gasteiger partial charge < -0.3 is 19.1 Å². The molecule has 28 heavy (non-hydrogen) atoms. The van der Waals surface area contributed by atoms with Gasteiger partial charge in [0.15, 0.2) is 27.9 Å². The number of methoxy groups -OCH3 is 2. The molecule has 0 bridgehead atoms. The number of hydrogen-bond donors (Lipinski definition) is 0. The van der Waals surface area contributed by atoms with Crippen molar-refractivity contribution in [2.45, 2.75) is 38.8 Å². The van der Waals surface area contributed by atoms with Gasteiger partial charge in [0.25, 0.3) is 5.91 Å². The maximum absolute atomic E-state index is 12.7. The minimum absolute atomic E-state index is 0.0489. The molecule has 8 nitrogen and oxygen atoms in total. The first-order valence-electron chi connectivity index (χ1n) is 9.13. The van der Waals surface area contributed by atoms with Gasteiger partial charge in [0.1, 0.15) is 0 Å². The van der Waals surface area contributed by atoms with Crippen molar-refractivity contribution in [1.82, 2.24) is 4.90 Å². The second-order valence-corrected chi connectivity index (χ2v) is 8.99. The Hall–Kier alpha value is -2.29. The summed E-state index contributed by atoms with van der Waals surface area (Å²) in [5.74, 6) is -0.195. The third-order valence-corrected chi connectivity index (χ3v) is 6.65. The quantitative estimate of drug-likeness (QED) is 0.598. The number of amides is 1. The Morgan fingerprint density at radius 2 is 1.89 bits per heavy atom. The van der Waals surface area contributed by atoms with Crippen LogP contribution in [-0.2, 0) is 19.4 Å². The first-order chi connectivity index (χ1) is 13.2. The summed E-state index contributed by atoms with van der Waals surface area (Å²) < 4.78 is 39.1. The minimum atomic E-state index is -3.13. The van der Waals surface area contributed by atoms with Gasteiger partial charge in [-0.1, -0.05) is 6.92 Å². The van der Waals surface area contributed by atoms with Crippen LogP contribution in [0.5, 0.6) is 11.5 Å². The highest BCUT2D eigenvalue weighted by molar-refractivity contribution is 7.91. The van der Waals surface area contributed by atoms with Crippen molar-refractivity contribution in [3.63, 3.8) is 0 Å². The number of rotatable bonds is 8. The van der Waals surface area contributed by atoms with Crippen LogP contribution in [0, 0.1) is 0 Å². The second kappa shape index (κ2) is 9.27. The van der Waals surface area contributed by atoms with E-state index in [0.29, 0.717) is 24.3 Å². The average molecular weight is 413 g/mol. The van der Waals surface area contributed by atoms with E-state index in [1.54, 1.807) is 11.0 Å². The van der Waals surface area contributed by atoms with E-state index < -0.39 is 28.3 Å². The van der Waals surface area contributed by atoms with Crippen LogP contribution >= 0.6 is 0 Å². The van der Waals surface area contributed by atoms with Gasteiger partial charge in [-0.15, -0.1) is 0 Å². The number of ether oxygens (including phenoxy) is 3. The van der Waals surface area contributed by atoms with E-state index in [-0.39, 0.29) is 29.2 Å². The van der Waals surface area contributed by atoms with Gasteiger partial charge in [-0.25, -0.2) is 13.2 Å². The molecule has 1 heterocycles. The summed E-state index contributed by atoms with van der Waals surface area (Å²) >= 11 is 0. The molecule has 1 fully saturated rings. The number of hydrogen-bond acceptors (Lipinski definition) is 7. The predicted octanol–water partition coefficient (Wildman–Crippen LogP) is 1.67. The van der Waals surface area contributed by atoms with Crippen LogP contribution in [0.4, 0.5) is 0 Å². The third kappa shape index (κ3) is 5.15. The van der Waals surface area contributed by atoms with Crippen LogP contribution < -0.4 is 9.47 Å². The molecule has 2 atom stereocenters.